The molecule has 3 heterocycles. The predicted molar refractivity (Wildman–Crippen MR) is 90.4 cm³/mol. The molecule has 6 nitrogen and oxygen atoms in total. The molecule has 1 N–H and O–H groups in total. The summed E-state index contributed by atoms with van der Waals surface area (Å²) in [5.41, 5.74) is 0.977. The second-order valence-electron chi connectivity index (χ2n) is 5.95. The molecule has 122 valence electrons. The van der Waals surface area contributed by atoms with Gasteiger partial charge in [0, 0.05) is 45.0 Å². The van der Waals surface area contributed by atoms with E-state index in [4.69, 9.17) is 0 Å². The van der Waals surface area contributed by atoms with Crippen LogP contribution in [-0.4, -0.2) is 33.9 Å². The quantitative estimate of drug-likeness (QED) is 0.902. The molecule has 0 saturated carbocycles. The van der Waals surface area contributed by atoms with E-state index in [1.807, 2.05) is 30.5 Å². The molecule has 0 spiro atoms. The van der Waals surface area contributed by atoms with Crippen molar-refractivity contribution >= 4 is 5.82 Å². The summed E-state index contributed by atoms with van der Waals surface area (Å²) >= 11 is 0. The first kappa shape index (κ1) is 15.7. The zero-order chi connectivity index (χ0) is 16.1. The summed E-state index contributed by atoms with van der Waals surface area (Å²) in [5, 5.41) is 7.90. The third-order valence-corrected chi connectivity index (χ3v) is 4.28. The molecule has 1 aliphatic heterocycles. The largest absolute Gasteiger partial charge is 0.351 e. The predicted octanol–water partition coefficient (Wildman–Crippen LogP) is 1.32. The summed E-state index contributed by atoms with van der Waals surface area (Å²) in [5.74, 6) is 0.886. The minimum absolute atomic E-state index is 0.0735. The molecule has 0 aliphatic carbocycles. The van der Waals surface area contributed by atoms with Gasteiger partial charge in [0.2, 0.25) is 0 Å². The molecule has 0 aromatic carbocycles. The molecule has 2 aromatic rings. The Hall–Kier alpha value is -2.21. The topological polar surface area (TPSA) is 63.1 Å². The zero-order valence-electron chi connectivity index (χ0n) is 13.5. The Morgan fingerprint density at radius 3 is 2.96 bits per heavy atom. The lowest BCUT2D eigenvalue weighted by Crippen LogP contribution is -2.46. The zero-order valence-corrected chi connectivity index (χ0v) is 13.5. The highest BCUT2D eigenvalue weighted by molar-refractivity contribution is 5.38. The Kier molecular flexibility index (Phi) is 5.02. The lowest BCUT2D eigenvalue weighted by Gasteiger charge is -2.36. The summed E-state index contributed by atoms with van der Waals surface area (Å²) in [6.07, 6.45) is 5.36. The second-order valence-corrected chi connectivity index (χ2v) is 5.95. The van der Waals surface area contributed by atoms with Crippen LogP contribution in [0.3, 0.4) is 0 Å². The Bertz CT molecular complexity index is 685. The monoisotopic (exact) mass is 313 g/mol. The van der Waals surface area contributed by atoms with E-state index < -0.39 is 0 Å². The summed E-state index contributed by atoms with van der Waals surface area (Å²) < 4.78 is 1.41. The normalized spacial score (nSPS) is 18.1. The fraction of sp³-hybridized carbons (Fsp3) is 0.471. The molecule has 23 heavy (non-hydrogen) atoms. The van der Waals surface area contributed by atoms with Gasteiger partial charge in [-0.2, -0.15) is 5.10 Å². The van der Waals surface area contributed by atoms with Crippen molar-refractivity contribution in [3.8, 4) is 0 Å². The summed E-state index contributed by atoms with van der Waals surface area (Å²) in [6, 6.07) is 9.79. The number of piperidine rings is 1. The summed E-state index contributed by atoms with van der Waals surface area (Å²) in [4.78, 5) is 18.2. The van der Waals surface area contributed by atoms with Gasteiger partial charge in [-0.3, -0.25) is 9.78 Å². The number of pyridine rings is 1. The lowest BCUT2D eigenvalue weighted by atomic mass is 10.0. The maximum atomic E-state index is 11.5. The van der Waals surface area contributed by atoms with Crippen molar-refractivity contribution in [1.82, 2.24) is 20.1 Å². The average Bonchev–Trinajstić information content (AvgIpc) is 2.59. The Labute approximate surface area is 136 Å². The van der Waals surface area contributed by atoms with Gasteiger partial charge in [-0.25, -0.2) is 4.68 Å². The molecule has 0 amide bonds. The number of rotatable bonds is 5. The maximum absolute atomic E-state index is 11.5. The van der Waals surface area contributed by atoms with Crippen LogP contribution in [0.1, 0.15) is 25.0 Å². The number of aryl methyl sites for hydroxylation is 1. The van der Waals surface area contributed by atoms with Crippen LogP contribution in [0.5, 0.6) is 0 Å². The van der Waals surface area contributed by atoms with E-state index in [0.717, 1.165) is 37.6 Å². The molecular formula is C17H23N5O. The van der Waals surface area contributed by atoms with Crippen LogP contribution in [0.2, 0.25) is 0 Å². The standard InChI is InChI=1S/C17H23N5O/c1-21-17(23)9-8-16(20-21)22-11-5-3-7-15(22)13-18-12-14-6-2-4-10-19-14/h2,4,6,8-10,15,18H,3,5,7,11-13H2,1H3. The number of hydrogen-bond acceptors (Lipinski definition) is 5. The van der Waals surface area contributed by atoms with E-state index >= 15 is 0 Å². The van der Waals surface area contributed by atoms with Crippen LogP contribution in [0, 0.1) is 0 Å². The molecule has 2 aromatic heterocycles. The smallest absolute Gasteiger partial charge is 0.266 e. The van der Waals surface area contributed by atoms with Gasteiger partial charge in [0.25, 0.3) is 5.56 Å². The highest BCUT2D eigenvalue weighted by Gasteiger charge is 2.23. The van der Waals surface area contributed by atoms with Crippen molar-refractivity contribution in [2.24, 2.45) is 7.05 Å². The number of nitrogens with one attached hydrogen (secondary N) is 1. The first-order chi connectivity index (χ1) is 11.2. The third-order valence-electron chi connectivity index (χ3n) is 4.28. The third kappa shape index (κ3) is 3.96. The Balaban J connectivity index is 1.64. The van der Waals surface area contributed by atoms with Gasteiger partial charge in [-0.15, -0.1) is 0 Å². The van der Waals surface area contributed by atoms with Gasteiger partial charge in [0.15, 0.2) is 0 Å². The van der Waals surface area contributed by atoms with E-state index in [1.165, 1.54) is 17.5 Å². The van der Waals surface area contributed by atoms with Crippen molar-refractivity contribution in [1.29, 1.82) is 0 Å². The summed E-state index contributed by atoms with van der Waals surface area (Å²) in [7, 11) is 1.70. The number of nitrogens with zero attached hydrogens (tertiary/aromatic N) is 4. The van der Waals surface area contributed by atoms with Gasteiger partial charge >= 0.3 is 0 Å². The van der Waals surface area contributed by atoms with Gasteiger partial charge in [0.1, 0.15) is 5.82 Å². The van der Waals surface area contributed by atoms with Crippen LogP contribution in [0.25, 0.3) is 0 Å². The van der Waals surface area contributed by atoms with Crippen LogP contribution < -0.4 is 15.8 Å². The summed E-state index contributed by atoms with van der Waals surface area (Å²) in [6.45, 7) is 2.65. The van der Waals surface area contributed by atoms with Crippen LogP contribution in [0.15, 0.2) is 41.3 Å². The number of hydrogen-bond donors (Lipinski definition) is 1. The highest BCUT2D eigenvalue weighted by Crippen LogP contribution is 2.21. The maximum Gasteiger partial charge on any atom is 0.266 e. The molecule has 1 saturated heterocycles. The van der Waals surface area contributed by atoms with E-state index in [0.29, 0.717) is 6.04 Å². The molecule has 0 bridgehead atoms. The van der Waals surface area contributed by atoms with Crippen molar-refractivity contribution in [2.45, 2.75) is 31.8 Å². The van der Waals surface area contributed by atoms with Crippen LogP contribution >= 0.6 is 0 Å². The van der Waals surface area contributed by atoms with Gasteiger partial charge < -0.3 is 10.2 Å². The van der Waals surface area contributed by atoms with Gasteiger partial charge in [-0.1, -0.05) is 6.07 Å². The van der Waals surface area contributed by atoms with Crippen molar-refractivity contribution < 1.29 is 0 Å². The minimum Gasteiger partial charge on any atom is -0.351 e. The van der Waals surface area contributed by atoms with Gasteiger partial charge in [-0.05, 0) is 37.5 Å². The fourth-order valence-electron chi connectivity index (χ4n) is 3.03. The molecule has 0 radical (unpaired) electrons. The van der Waals surface area contributed by atoms with Crippen molar-refractivity contribution in [3.05, 3.63) is 52.6 Å². The molecular weight excluding hydrogens is 290 g/mol. The number of aromatic nitrogens is 3. The molecule has 6 heteroatoms. The van der Waals surface area contributed by atoms with Crippen LogP contribution in [-0.2, 0) is 13.6 Å². The number of anilines is 1. The molecule has 1 unspecified atom stereocenters. The van der Waals surface area contributed by atoms with E-state index in [1.54, 1.807) is 13.1 Å². The molecule has 1 fully saturated rings. The Morgan fingerprint density at radius 1 is 1.26 bits per heavy atom. The fourth-order valence-corrected chi connectivity index (χ4v) is 3.03. The molecule has 3 rings (SSSR count). The van der Waals surface area contributed by atoms with Crippen LogP contribution in [0.4, 0.5) is 5.82 Å². The minimum atomic E-state index is -0.0735. The van der Waals surface area contributed by atoms with Crippen molar-refractivity contribution in [2.75, 3.05) is 18.0 Å². The first-order valence-corrected chi connectivity index (χ1v) is 8.15. The van der Waals surface area contributed by atoms with Gasteiger partial charge in [0.05, 0.1) is 5.69 Å². The first-order valence-electron chi connectivity index (χ1n) is 8.15. The SMILES string of the molecule is Cn1nc(N2CCCCC2CNCc2ccccn2)ccc1=O. The molecule has 1 atom stereocenters. The Morgan fingerprint density at radius 2 is 2.17 bits per heavy atom. The lowest BCUT2D eigenvalue weighted by molar-refractivity contribution is 0.428. The van der Waals surface area contributed by atoms with E-state index in [9.17, 15) is 4.79 Å². The van der Waals surface area contributed by atoms with Crippen molar-refractivity contribution in [3.63, 3.8) is 0 Å². The van der Waals surface area contributed by atoms with E-state index in [2.05, 4.69) is 20.3 Å². The highest BCUT2D eigenvalue weighted by atomic mass is 16.1. The second kappa shape index (κ2) is 7.37. The van der Waals surface area contributed by atoms with E-state index in [-0.39, 0.29) is 5.56 Å². The molecule has 1 aliphatic rings. The average molecular weight is 313 g/mol.